The Morgan fingerprint density at radius 3 is 2.71 bits per heavy atom. The van der Waals surface area contributed by atoms with Gasteiger partial charge in [-0.25, -0.2) is 4.79 Å². The molecule has 0 aromatic heterocycles. The van der Waals surface area contributed by atoms with Gasteiger partial charge in [-0.15, -0.1) is 0 Å². The maximum atomic E-state index is 12.3. The lowest BCUT2D eigenvalue weighted by Gasteiger charge is -2.19. The highest BCUT2D eigenvalue weighted by Gasteiger charge is 2.36. The van der Waals surface area contributed by atoms with Gasteiger partial charge in [0.05, 0.1) is 24.3 Å². The average molecular weight is 332 g/mol. The van der Waals surface area contributed by atoms with E-state index in [9.17, 15) is 14.4 Å². The molecule has 24 heavy (non-hydrogen) atoms. The van der Waals surface area contributed by atoms with Gasteiger partial charge in [-0.05, 0) is 24.5 Å². The summed E-state index contributed by atoms with van der Waals surface area (Å²) >= 11 is 0. The number of hydrogen-bond acceptors (Lipinski definition) is 4. The summed E-state index contributed by atoms with van der Waals surface area (Å²) in [6, 6.07) is 6.78. The third kappa shape index (κ3) is 4.13. The largest absolute Gasteiger partial charge is 0.465 e. The Balaban J connectivity index is 2.08. The van der Waals surface area contributed by atoms with Gasteiger partial charge in [0.1, 0.15) is 0 Å². The molecule has 1 atom stereocenters. The normalized spacial score (nSPS) is 17.2. The van der Waals surface area contributed by atoms with Gasteiger partial charge in [0.2, 0.25) is 11.8 Å². The molecular weight excluding hydrogens is 308 g/mol. The van der Waals surface area contributed by atoms with Crippen LogP contribution in [-0.2, 0) is 14.3 Å². The molecule has 1 aliphatic heterocycles. The molecule has 130 valence electrons. The molecule has 1 aromatic rings. The van der Waals surface area contributed by atoms with Crippen LogP contribution < -0.4 is 10.2 Å². The summed E-state index contributed by atoms with van der Waals surface area (Å²) in [5.41, 5.74) is 0.820. The number of carbonyl (C=O) groups is 3. The Morgan fingerprint density at radius 1 is 1.33 bits per heavy atom. The summed E-state index contributed by atoms with van der Waals surface area (Å²) in [6.45, 7) is 5.08. The number of para-hydroxylation sites is 1. The highest BCUT2D eigenvalue weighted by molar-refractivity contribution is 6.05. The van der Waals surface area contributed by atoms with E-state index in [1.165, 1.54) is 12.0 Å². The maximum Gasteiger partial charge on any atom is 0.339 e. The smallest absolute Gasteiger partial charge is 0.339 e. The molecule has 1 heterocycles. The molecule has 0 aliphatic carbocycles. The minimum absolute atomic E-state index is 0.109. The second-order valence-corrected chi connectivity index (χ2v) is 6.39. The highest BCUT2D eigenvalue weighted by Crippen LogP contribution is 2.28. The lowest BCUT2D eigenvalue weighted by molar-refractivity contribution is -0.126. The molecule has 0 spiro atoms. The van der Waals surface area contributed by atoms with Gasteiger partial charge in [-0.2, -0.15) is 0 Å². The average Bonchev–Trinajstić information content (AvgIpc) is 2.95. The van der Waals surface area contributed by atoms with Crippen molar-refractivity contribution >= 4 is 23.5 Å². The molecule has 6 heteroatoms. The van der Waals surface area contributed by atoms with Crippen molar-refractivity contribution in [2.45, 2.75) is 26.7 Å². The van der Waals surface area contributed by atoms with Crippen molar-refractivity contribution in [3.63, 3.8) is 0 Å². The first-order valence-corrected chi connectivity index (χ1v) is 8.19. The van der Waals surface area contributed by atoms with Crippen LogP contribution in [0.15, 0.2) is 24.3 Å². The maximum absolute atomic E-state index is 12.3. The van der Waals surface area contributed by atoms with Crippen LogP contribution in [0.1, 0.15) is 37.0 Å². The van der Waals surface area contributed by atoms with Gasteiger partial charge in [0.25, 0.3) is 0 Å². The number of nitrogens with zero attached hydrogens (tertiary/aromatic N) is 1. The number of hydrogen-bond donors (Lipinski definition) is 1. The fourth-order valence-corrected chi connectivity index (χ4v) is 2.74. The number of methoxy groups -OCH3 is 1. The van der Waals surface area contributed by atoms with Gasteiger partial charge in [0.15, 0.2) is 0 Å². The van der Waals surface area contributed by atoms with E-state index in [-0.39, 0.29) is 24.8 Å². The first-order chi connectivity index (χ1) is 11.4. The van der Waals surface area contributed by atoms with Gasteiger partial charge in [-0.1, -0.05) is 26.0 Å². The number of esters is 1. The first-order valence-electron chi connectivity index (χ1n) is 8.19. The lowest BCUT2D eigenvalue weighted by Crippen LogP contribution is -2.34. The van der Waals surface area contributed by atoms with Crippen LogP contribution in [0, 0.1) is 11.8 Å². The zero-order valence-electron chi connectivity index (χ0n) is 14.4. The SMILES string of the molecule is COC(=O)c1ccccc1N1CC(C(=O)NCCC(C)C)CC1=O. The lowest BCUT2D eigenvalue weighted by atomic mass is 10.1. The summed E-state index contributed by atoms with van der Waals surface area (Å²) < 4.78 is 4.77. The number of carbonyl (C=O) groups excluding carboxylic acids is 3. The molecule has 1 fully saturated rings. The van der Waals surface area contributed by atoms with E-state index in [0.29, 0.717) is 23.7 Å². The summed E-state index contributed by atoms with van der Waals surface area (Å²) in [6.07, 6.45) is 1.06. The summed E-state index contributed by atoms with van der Waals surface area (Å²) in [5, 5.41) is 2.89. The fourth-order valence-electron chi connectivity index (χ4n) is 2.74. The van der Waals surface area contributed by atoms with Crippen LogP contribution in [0.3, 0.4) is 0 Å². The van der Waals surface area contributed by atoms with E-state index in [2.05, 4.69) is 19.2 Å². The number of anilines is 1. The number of rotatable bonds is 6. The molecule has 0 radical (unpaired) electrons. The summed E-state index contributed by atoms with van der Waals surface area (Å²) in [4.78, 5) is 37.9. The summed E-state index contributed by atoms with van der Waals surface area (Å²) in [5.74, 6) is -0.644. The fraction of sp³-hybridized carbons (Fsp3) is 0.500. The quantitative estimate of drug-likeness (QED) is 0.808. The number of ether oxygens (including phenoxy) is 1. The molecule has 1 N–H and O–H groups in total. The van der Waals surface area contributed by atoms with Gasteiger partial charge >= 0.3 is 5.97 Å². The van der Waals surface area contributed by atoms with Crippen molar-refractivity contribution in [1.29, 1.82) is 0 Å². The Morgan fingerprint density at radius 2 is 2.04 bits per heavy atom. The molecule has 1 aromatic carbocycles. The van der Waals surface area contributed by atoms with Gasteiger partial charge < -0.3 is 15.0 Å². The Kier molecular flexibility index (Phi) is 5.95. The van der Waals surface area contributed by atoms with Crippen LogP contribution >= 0.6 is 0 Å². The topological polar surface area (TPSA) is 75.7 Å². The third-order valence-corrected chi connectivity index (χ3v) is 4.12. The minimum atomic E-state index is -0.497. The van der Waals surface area contributed by atoms with Crippen molar-refractivity contribution in [2.24, 2.45) is 11.8 Å². The highest BCUT2D eigenvalue weighted by atomic mass is 16.5. The van der Waals surface area contributed by atoms with E-state index >= 15 is 0 Å². The van der Waals surface area contributed by atoms with Crippen LogP contribution in [0.25, 0.3) is 0 Å². The third-order valence-electron chi connectivity index (χ3n) is 4.12. The molecular formula is C18H24N2O4. The van der Waals surface area contributed by atoms with Crippen molar-refractivity contribution in [3.8, 4) is 0 Å². The van der Waals surface area contributed by atoms with E-state index in [1.54, 1.807) is 24.3 Å². The zero-order valence-corrected chi connectivity index (χ0v) is 14.4. The van der Waals surface area contributed by atoms with Gasteiger partial charge in [0, 0.05) is 19.5 Å². The minimum Gasteiger partial charge on any atom is -0.465 e. The second-order valence-electron chi connectivity index (χ2n) is 6.39. The molecule has 0 bridgehead atoms. The molecule has 1 unspecified atom stereocenters. The predicted molar refractivity (Wildman–Crippen MR) is 90.7 cm³/mol. The first kappa shape index (κ1) is 18.0. The number of amides is 2. The number of benzene rings is 1. The number of nitrogens with one attached hydrogen (secondary N) is 1. The van der Waals surface area contributed by atoms with E-state index in [0.717, 1.165) is 6.42 Å². The molecule has 0 saturated carbocycles. The molecule has 1 saturated heterocycles. The molecule has 2 amide bonds. The van der Waals surface area contributed by atoms with Crippen molar-refractivity contribution in [3.05, 3.63) is 29.8 Å². The van der Waals surface area contributed by atoms with E-state index in [4.69, 9.17) is 4.74 Å². The Bertz CT molecular complexity index is 627. The van der Waals surface area contributed by atoms with Crippen LogP contribution in [-0.4, -0.2) is 38.0 Å². The standard InChI is InChI=1S/C18H24N2O4/c1-12(2)8-9-19-17(22)13-10-16(21)20(11-13)15-7-5-4-6-14(15)18(23)24-3/h4-7,12-13H,8-11H2,1-3H3,(H,19,22). The predicted octanol–water partition coefficient (Wildman–Crippen LogP) is 1.99. The zero-order chi connectivity index (χ0) is 17.7. The van der Waals surface area contributed by atoms with Crippen molar-refractivity contribution < 1.29 is 19.1 Å². The summed E-state index contributed by atoms with van der Waals surface area (Å²) in [7, 11) is 1.30. The van der Waals surface area contributed by atoms with Gasteiger partial charge in [-0.3, -0.25) is 9.59 Å². The molecule has 2 rings (SSSR count). The van der Waals surface area contributed by atoms with Crippen LogP contribution in [0.4, 0.5) is 5.69 Å². The van der Waals surface area contributed by atoms with Crippen LogP contribution in [0.2, 0.25) is 0 Å². The van der Waals surface area contributed by atoms with E-state index < -0.39 is 11.9 Å². The Hall–Kier alpha value is -2.37. The molecule has 6 nitrogen and oxygen atoms in total. The van der Waals surface area contributed by atoms with Crippen molar-refractivity contribution in [1.82, 2.24) is 5.32 Å². The molecule has 1 aliphatic rings. The monoisotopic (exact) mass is 332 g/mol. The second kappa shape index (κ2) is 7.95. The van der Waals surface area contributed by atoms with Crippen LogP contribution in [0.5, 0.6) is 0 Å². The van der Waals surface area contributed by atoms with Crippen molar-refractivity contribution in [2.75, 3.05) is 25.1 Å². The van der Waals surface area contributed by atoms with E-state index in [1.807, 2.05) is 0 Å². The Labute approximate surface area is 142 Å².